The van der Waals surface area contributed by atoms with Gasteiger partial charge in [-0.2, -0.15) is 0 Å². The van der Waals surface area contributed by atoms with Crippen molar-refractivity contribution in [3.05, 3.63) is 30.3 Å². The summed E-state index contributed by atoms with van der Waals surface area (Å²) in [4.78, 5) is 29.8. The highest BCUT2D eigenvalue weighted by Crippen LogP contribution is 2.31. The molecular weight excluding hydrogens is 320 g/mol. The van der Waals surface area contributed by atoms with Crippen LogP contribution in [0.15, 0.2) is 35.2 Å². The molecule has 0 spiro atoms. The molecule has 5 heteroatoms. The number of piperidine rings is 1. The minimum atomic E-state index is -0.0755. The largest absolute Gasteiger partial charge is 0.349 e. The number of benzene rings is 1. The van der Waals surface area contributed by atoms with Gasteiger partial charge in [-0.15, -0.1) is 11.8 Å². The lowest BCUT2D eigenvalue weighted by Gasteiger charge is -2.35. The molecule has 2 amide bonds. The lowest BCUT2D eigenvalue weighted by molar-refractivity contribution is -0.139. The molecule has 4 nitrogen and oxygen atoms in total. The Balaban J connectivity index is 1.97. The van der Waals surface area contributed by atoms with Crippen LogP contribution in [0.5, 0.6) is 0 Å². The molecule has 0 bridgehead atoms. The van der Waals surface area contributed by atoms with E-state index in [1.807, 2.05) is 23.1 Å². The Morgan fingerprint density at radius 2 is 1.71 bits per heavy atom. The number of nitrogens with zero attached hydrogens (tertiary/aromatic N) is 2. The minimum Gasteiger partial charge on any atom is -0.349 e. The van der Waals surface area contributed by atoms with Gasteiger partial charge in [-0.25, -0.2) is 0 Å². The monoisotopic (exact) mass is 348 g/mol. The van der Waals surface area contributed by atoms with Gasteiger partial charge < -0.3 is 9.80 Å². The Kier molecular flexibility index (Phi) is 6.72. The topological polar surface area (TPSA) is 40.6 Å². The second-order valence-electron chi connectivity index (χ2n) is 6.93. The van der Waals surface area contributed by atoms with E-state index in [2.05, 4.69) is 26.0 Å². The number of hydrogen-bond acceptors (Lipinski definition) is 3. The van der Waals surface area contributed by atoms with E-state index in [4.69, 9.17) is 0 Å². The fourth-order valence-corrected chi connectivity index (χ4v) is 4.14. The zero-order chi connectivity index (χ0) is 17.7. The smallest absolute Gasteiger partial charge is 0.236 e. The van der Waals surface area contributed by atoms with E-state index in [0.717, 1.165) is 17.7 Å². The van der Waals surface area contributed by atoms with E-state index >= 15 is 0 Å². The molecule has 132 valence electrons. The van der Waals surface area contributed by atoms with E-state index in [1.54, 1.807) is 30.8 Å². The van der Waals surface area contributed by atoms with Crippen molar-refractivity contribution in [3.8, 4) is 0 Å². The molecule has 1 aliphatic rings. The highest BCUT2D eigenvalue weighted by molar-refractivity contribution is 8.00. The first-order chi connectivity index (χ1) is 11.4. The first-order valence-corrected chi connectivity index (χ1v) is 9.49. The van der Waals surface area contributed by atoms with Crippen LogP contribution in [0.2, 0.25) is 0 Å². The van der Waals surface area contributed by atoms with Crippen molar-refractivity contribution in [1.29, 1.82) is 0 Å². The van der Waals surface area contributed by atoms with Gasteiger partial charge in [0.05, 0.1) is 5.25 Å². The first-order valence-electron chi connectivity index (χ1n) is 8.61. The van der Waals surface area contributed by atoms with Crippen LogP contribution >= 0.6 is 11.8 Å². The maximum Gasteiger partial charge on any atom is 0.236 e. The normalized spacial score (nSPS) is 17.0. The molecular formula is C19H28N2O2S. The van der Waals surface area contributed by atoms with Crippen molar-refractivity contribution in [2.24, 2.45) is 11.8 Å². The summed E-state index contributed by atoms with van der Waals surface area (Å²) in [6, 6.07) is 10.1. The lowest BCUT2D eigenvalue weighted by Crippen LogP contribution is -2.46. The lowest BCUT2D eigenvalue weighted by atomic mass is 9.95. The zero-order valence-corrected chi connectivity index (χ0v) is 15.9. The summed E-state index contributed by atoms with van der Waals surface area (Å²) >= 11 is 1.64. The van der Waals surface area contributed by atoms with Gasteiger partial charge in [0.2, 0.25) is 11.8 Å². The molecule has 1 heterocycles. The Labute approximate surface area is 149 Å². The van der Waals surface area contributed by atoms with E-state index in [0.29, 0.717) is 13.1 Å². The molecule has 0 N–H and O–H groups in total. The van der Waals surface area contributed by atoms with Gasteiger partial charge in [-0.3, -0.25) is 9.59 Å². The third kappa shape index (κ3) is 4.76. The number of rotatable bonds is 5. The van der Waals surface area contributed by atoms with Crippen LogP contribution in [0, 0.1) is 11.8 Å². The summed E-state index contributed by atoms with van der Waals surface area (Å²) in [5.41, 5.74) is 0. The van der Waals surface area contributed by atoms with Gasteiger partial charge >= 0.3 is 0 Å². The molecule has 1 unspecified atom stereocenters. The van der Waals surface area contributed by atoms with Gasteiger partial charge in [-0.1, -0.05) is 32.0 Å². The number of carbonyl (C=O) groups excluding carboxylic acids is 2. The molecule has 1 fully saturated rings. The molecule has 1 saturated heterocycles. The van der Waals surface area contributed by atoms with Crippen molar-refractivity contribution in [1.82, 2.24) is 9.80 Å². The van der Waals surface area contributed by atoms with E-state index < -0.39 is 0 Å². The molecule has 1 aromatic rings. The molecule has 0 aliphatic carbocycles. The maximum absolute atomic E-state index is 13.0. The Morgan fingerprint density at radius 1 is 1.12 bits per heavy atom. The van der Waals surface area contributed by atoms with Gasteiger partial charge in [0.1, 0.15) is 0 Å². The summed E-state index contributed by atoms with van der Waals surface area (Å²) in [7, 11) is 3.59. The van der Waals surface area contributed by atoms with Crippen LogP contribution in [0.1, 0.15) is 26.7 Å². The van der Waals surface area contributed by atoms with Gasteiger partial charge in [-0.05, 0) is 30.9 Å². The van der Waals surface area contributed by atoms with Crippen LogP contribution in [0.4, 0.5) is 0 Å². The van der Waals surface area contributed by atoms with Gasteiger partial charge in [0.25, 0.3) is 0 Å². The van der Waals surface area contributed by atoms with Crippen LogP contribution in [0.3, 0.4) is 0 Å². The molecule has 1 aromatic carbocycles. The molecule has 0 radical (unpaired) electrons. The number of thioether (sulfide) groups is 1. The average Bonchev–Trinajstić information content (AvgIpc) is 2.59. The molecule has 0 aromatic heterocycles. The third-order valence-corrected chi connectivity index (χ3v) is 6.00. The highest BCUT2D eigenvalue weighted by atomic mass is 32.2. The van der Waals surface area contributed by atoms with Crippen molar-refractivity contribution in [2.75, 3.05) is 27.2 Å². The first kappa shape index (κ1) is 18.8. The predicted octanol–water partition coefficient (Wildman–Crippen LogP) is 3.13. The fourth-order valence-electron chi connectivity index (χ4n) is 3.01. The Bertz CT molecular complexity index is 552. The van der Waals surface area contributed by atoms with E-state index in [9.17, 15) is 9.59 Å². The number of hydrogen-bond donors (Lipinski definition) is 0. The summed E-state index contributed by atoms with van der Waals surface area (Å²) < 4.78 is 0. The van der Waals surface area contributed by atoms with Crippen molar-refractivity contribution in [3.63, 3.8) is 0 Å². The highest BCUT2D eigenvalue weighted by Gasteiger charge is 2.33. The average molecular weight is 349 g/mol. The number of amides is 2. The summed E-state index contributed by atoms with van der Waals surface area (Å²) in [6.45, 7) is 5.56. The van der Waals surface area contributed by atoms with Gasteiger partial charge in [0.15, 0.2) is 0 Å². The summed E-state index contributed by atoms with van der Waals surface area (Å²) in [5.74, 6) is 0.711. The number of likely N-dealkylation sites (tertiary alicyclic amines) is 1. The van der Waals surface area contributed by atoms with Crippen LogP contribution < -0.4 is 0 Å². The Morgan fingerprint density at radius 3 is 2.21 bits per heavy atom. The second kappa shape index (κ2) is 8.56. The zero-order valence-electron chi connectivity index (χ0n) is 15.1. The van der Waals surface area contributed by atoms with Crippen molar-refractivity contribution >= 4 is 23.6 Å². The van der Waals surface area contributed by atoms with E-state index in [-0.39, 0.29) is 28.9 Å². The van der Waals surface area contributed by atoms with Crippen LogP contribution in [-0.4, -0.2) is 54.0 Å². The number of carbonyl (C=O) groups is 2. The minimum absolute atomic E-state index is 0.0586. The second-order valence-corrected chi connectivity index (χ2v) is 8.14. The van der Waals surface area contributed by atoms with E-state index in [1.165, 1.54) is 0 Å². The molecule has 2 rings (SSSR count). The molecule has 24 heavy (non-hydrogen) atoms. The van der Waals surface area contributed by atoms with Crippen LogP contribution in [0.25, 0.3) is 0 Å². The molecule has 0 saturated carbocycles. The van der Waals surface area contributed by atoms with Gasteiger partial charge in [0, 0.05) is 38.0 Å². The maximum atomic E-state index is 13.0. The quantitative estimate of drug-likeness (QED) is 0.768. The Hall–Kier alpha value is -1.49. The predicted molar refractivity (Wildman–Crippen MR) is 98.9 cm³/mol. The summed E-state index contributed by atoms with van der Waals surface area (Å²) in [5, 5.41) is -0.0755. The van der Waals surface area contributed by atoms with Crippen molar-refractivity contribution in [2.45, 2.75) is 36.8 Å². The standard InChI is InChI=1S/C19H28N2O2S/c1-14(2)17(24-16-8-6-5-7-9-16)19(23)21-12-10-15(11-13-21)18(22)20(3)4/h5-9,14-15,17H,10-13H2,1-4H3. The SMILES string of the molecule is CC(C)C(Sc1ccccc1)C(=O)N1CCC(C(=O)N(C)C)CC1. The fraction of sp³-hybridized carbons (Fsp3) is 0.579. The molecule has 1 atom stereocenters. The third-order valence-electron chi connectivity index (χ3n) is 4.45. The summed E-state index contributed by atoms with van der Waals surface area (Å²) in [6.07, 6.45) is 1.53. The molecule has 1 aliphatic heterocycles. The van der Waals surface area contributed by atoms with Crippen molar-refractivity contribution < 1.29 is 9.59 Å². The van der Waals surface area contributed by atoms with Crippen LogP contribution in [-0.2, 0) is 9.59 Å².